The highest BCUT2D eigenvalue weighted by Gasteiger charge is 2.25. The number of carbonyl (C=O) groups is 2. The SMILES string of the molecule is O=C(Nc1ccc(S(=O)(=O)N2CCCCCC2)cc1)c1cccc(NC(=O)c2cccs2)c1. The van der Waals surface area contributed by atoms with E-state index < -0.39 is 10.0 Å². The second-order valence-corrected chi connectivity index (χ2v) is 10.7. The van der Waals surface area contributed by atoms with Crippen LogP contribution in [0.2, 0.25) is 0 Å². The third-order valence-corrected chi connectivity index (χ3v) is 8.22. The maximum atomic E-state index is 12.9. The summed E-state index contributed by atoms with van der Waals surface area (Å²) in [7, 11) is -3.54. The number of nitrogens with zero attached hydrogens (tertiary/aromatic N) is 1. The zero-order valence-electron chi connectivity index (χ0n) is 18.0. The molecule has 0 radical (unpaired) electrons. The van der Waals surface area contributed by atoms with Crippen molar-refractivity contribution in [3.63, 3.8) is 0 Å². The molecule has 0 bridgehead atoms. The molecule has 9 heteroatoms. The minimum atomic E-state index is -3.54. The van der Waals surface area contributed by atoms with Crippen molar-refractivity contribution < 1.29 is 18.0 Å². The van der Waals surface area contributed by atoms with Gasteiger partial charge in [-0.2, -0.15) is 4.31 Å². The summed E-state index contributed by atoms with van der Waals surface area (Å²) in [6.45, 7) is 1.08. The van der Waals surface area contributed by atoms with Gasteiger partial charge in [-0.3, -0.25) is 9.59 Å². The molecule has 2 amide bonds. The largest absolute Gasteiger partial charge is 0.322 e. The summed E-state index contributed by atoms with van der Waals surface area (Å²) >= 11 is 1.34. The molecule has 2 aromatic carbocycles. The lowest BCUT2D eigenvalue weighted by Crippen LogP contribution is -2.31. The standard InChI is InChI=1S/C24H25N3O4S2/c28-23(18-7-5-8-20(17-18)26-24(29)22-9-6-16-32-22)25-19-10-12-21(13-11-19)33(30,31)27-14-3-1-2-4-15-27/h5-13,16-17H,1-4,14-15H2,(H,25,28)(H,26,29). The summed E-state index contributed by atoms with van der Waals surface area (Å²) in [6, 6.07) is 16.4. The summed E-state index contributed by atoms with van der Waals surface area (Å²) < 4.78 is 27.4. The highest BCUT2D eigenvalue weighted by molar-refractivity contribution is 7.89. The maximum absolute atomic E-state index is 12.9. The smallest absolute Gasteiger partial charge is 0.265 e. The van der Waals surface area contributed by atoms with Crippen molar-refractivity contribution in [2.24, 2.45) is 0 Å². The van der Waals surface area contributed by atoms with Crippen LogP contribution < -0.4 is 10.6 Å². The first kappa shape index (κ1) is 23.2. The van der Waals surface area contributed by atoms with Crippen LogP contribution in [-0.2, 0) is 10.0 Å². The molecule has 0 saturated carbocycles. The second kappa shape index (κ2) is 10.3. The molecule has 1 aromatic heterocycles. The Labute approximate surface area is 197 Å². The molecule has 0 atom stereocenters. The molecule has 1 aliphatic rings. The van der Waals surface area contributed by atoms with Gasteiger partial charge in [0.2, 0.25) is 10.0 Å². The Hall–Kier alpha value is -3.01. The van der Waals surface area contributed by atoms with E-state index in [2.05, 4.69) is 10.6 Å². The summed E-state index contributed by atoms with van der Waals surface area (Å²) in [6.07, 6.45) is 3.85. The molecule has 0 spiro atoms. The number of benzene rings is 2. The molecule has 7 nitrogen and oxygen atoms in total. The maximum Gasteiger partial charge on any atom is 0.265 e. The third kappa shape index (κ3) is 5.68. The van der Waals surface area contributed by atoms with Crippen LogP contribution in [0.5, 0.6) is 0 Å². The number of thiophene rings is 1. The fourth-order valence-corrected chi connectivity index (χ4v) is 5.82. The predicted molar refractivity (Wildman–Crippen MR) is 130 cm³/mol. The van der Waals surface area contributed by atoms with E-state index in [1.807, 2.05) is 5.38 Å². The van der Waals surface area contributed by atoms with E-state index in [-0.39, 0.29) is 16.7 Å². The summed E-state index contributed by atoms with van der Waals surface area (Å²) in [5, 5.41) is 7.38. The first-order valence-corrected chi connectivity index (χ1v) is 13.1. The van der Waals surface area contributed by atoms with Gasteiger partial charge >= 0.3 is 0 Å². The molecule has 1 saturated heterocycles. The number of sulfonamides is 1. The molecule has 2 heterocycles. The van der Waals surface area contributed by atoms with Gasteiger partial charge in [0.25, 0.3) is 11.8 Å². The molecule has 4 rings (SSSR count). The fraction of sp³-hybridized carbons (Fsp3) is 0.250. The Morgan fingerprint density at radius 3 is 2.15 bits per heavy atom. The number of amides is 2. The normalized spacial score (nSPS) is 14.9. The molecule has 0 unspecified atom stereocenters. The second-order valence-electron chi connectivity index (χ2n) is 7.81. The average Bonchev–Trinajstić information content (AvgIpc) is 3.22. The van der Waals surface area contributed by atoms with Crippen molar-refractivity contribution >= 4 is 44.5 Å². The van der Waals surface area contributed by atoms with E-state index in [0.29, 0.717) is 34.9 Å². The van der Waals surface area contributed by atoms with Crippen molar-refractivity contribution in [1.82, 2.24) is 4.31 Å². The van der Waals surface area contributed by atoms with Gasteiger partial charge in [0.05, 0.1) is 9.77 Å². The zero-order chi connectivity index (χ0) is 23.3. The van der Waals surface area contributed by atoms with E-state index in [1.54, 1.807) is 52.8 Å². The van der Waals surface area contributed by atoms with Crippen LogP contribution >= 0.6 is 11.3 Å². The van der Waals surface area contributed by atoms with Crippen molar-refractivity contribution in [2.75, 3.05) is 23.7 Å². The van der Waals surface area contributed by atoms with E-state index in [1.165, 1.54) is 23.5 Å². The van der Waals surface area contributed by atoms with Crippen LogP contribution in [0.1, 0.15) is 45.7 Å². The minimum Gasteiger partial charge on any atom is -0.322 e. The highest BCUT2D eigenvalue weighted by atomic mass is 32.2. The molecule has 172 valence electrons. The lowest BCUT2D eigenvalue weighted by atomic mass is 10.1. The Morgan fingerprint density at radius 1 is 0.788 bits per heavy atom. The molecule has 0 aliphatic carbocycles. The molecular formula is C24H25N3O4S2. The van der Waals surface area contributed by atoms with Gasteiger partial charge in [0.15, 0.2) is 0 Å². The number of anilines is 2. The molecule has 3 aromatic rings. The van der Waals surface area contributed by atoms with Gasteiger partial charge in [0.1, 0.15) is 0 Å². The van der Waals surface area contributed by atoms with Crippen LogP contribution in [0.4, 0.5) is 11.4 Å². The molecule has 33 heavy (non-hydrogen) atoms. The van der Waals surface area contributed by atoms with Gasteiger partial charge in [-0.15, -0.1) is 11.3 Å². The lowest BCUT2D eigenvalue weighted by Gasteiger charge is -2.20. The number of carbonyl (C=O) groups excluding carboxylic acids is 2. The average molecular weight is 484 g/mol. The van der Waals surface area contributed by atoms with E-state index in [9.17, 15) is 18.0 Å². The monoisotopic (exact) mass is 483 g/mol. The Kier molecular flexibility index (Phi) is 7.22. The van der Waals surface area contributed by atoms with E-state index in [4.69, 9.17) is 0 Å². The van der Waals surface area contributed by atoms with Crippen molar-refractivity contribution in [2.45, 2.75) is 30.6 Å². The van der Waals surface area contributed by atoms with Crippen LogP contribution in [0.3, 0.4) is 0 Å². The Balaban J connectivity index is 1.42. The van der Waals surface area contributed by atoms with Gasteiger partial charge in [-0.05, 0) is 66.8 Å². The van der Waals surface area contributed by atoms with E-state index in [0.717, 1.165) is 25.7 Å². The number of rotatable bonds is 6. The van der Waals surface area contributed by atoms with Crippen molar-refractivity contribution in [3.05, 3.63) is 76.5 Å². The quantitative estimate of drug-likeness (QED) is 0.526. The summed E-state index contributed by atoms with van der Waals surface area (Å²) in [5.41, 5.74) is 1.38. The zero-order valence-corrected chi connectivity index (χ0v) is 19.6. The van der Waals surface area contributed by atoms with Crippen LogP contribution in [0, 0.1) is 0 Å². The van der Waals surface area contributed by atoms with Gasteiger partial charge < -0.3 is 10.6 Å². The van der Waals surface area contributed by atoms with Crippen molar-refractivity contribution in [1.29, 1.82) is 0 Å². The summed E-state index contributed by atoms with van der Waals surface area (Å²) in [5.74, 6) is -0.589. The predicted octanol–water partition coefficient (Wildman–Crippen LogP) is 4.82. The molecule has 1 fully saturated rings. The third-order valence-electron chi connectivity index (χ3n) is 5.44. The minimum absolute atomic E-state index is 0.223. The van der Waals surface area contributed by atoms with Crippen molar-refractivity contribution in [3.8, 4) is 0 Å². The van der Waals surface area contributed by atoms with Gasteiger partial charge in [-0.1, -0.05) is 25.0 Å². The van der Waals surface area contributed by atoms with Crippen LogP contribution in [-0.4, -0.2) is 37.6 Å². The highest BCUT2D eigenvalue weighted by Crippen LogP contribution is 2.22. The van der Waals surface area contributed by atoms with Crippen LogP contribution in [0.15, 0.2) is 70.9 Å². The Morgan fingerprint density at radius 2 is 1.48 bits per heavy atom. The summed E-state index contributed by atoms with van der Waals surface area (Å²) in [4.78, 5) is 25.7. The van der Waals surface area contributed by atoms with Gasteiger partial charge in [-0.25, -0.2) is 8.42 Å². The topological polar surface area (TPSA) is 95.6 Å². The molecular weight excluding hydrogens is 458 g/mol. The van der Waals surface area contributed by atoms with E-state index >= 15 is 0 Å². The van der Waals surface area contributed by atoms with Crippen LogP contribution in [0.25, 0.3) is 0 Å². The first-order chi connectivity index (χ1) is 15.9. The van der Waals surface area contributed by atoms with Gasteiger partial charge in [0, 0.05) is 30.0 Å². The first-order valence-electron chi connectivity index (χ1n) is 10.8. The fourth-order valence-electron chi connectivity index (χ4n) is 3.68. The number of hydrogen-bond donors (Lipinski definition) is 2. The Bertz CT molecular complexity index is 1210. The molecule has 1 aliphatic heterocycles. The number of hydrogen-bond acceptors (Lipinski definition) is 5. The molecule has 2 N–H and O–H groups in total. The number of nitrogens with one attached hydrogen (secondary N) is 2. The lowest BCUT2D eigenvalue weighted by molar-refractivity contribution is 0.101.